The van der Waals surface area contributed by atoms with Gasteiger partial charge in [-0.1, -0.05) is 44.2 Å². The average Bonchev–Trinajstić information content (AvgIpc) is 2.26. The Morgan fingerprint density at radius 1 is 1.19 bits per heavy atom. The van der Waals surface area contributed by atoms with Crippen LogP contribution in [0.25, 0.3) is 0 Å². The van der Waals surface area contributed by atoms with Gasteiger partial charge in [0.25, 0.3) is 0 Å². The molecule has 0 aromatic heterocycles. The summed E-state index contributed by atoms with van der Waals surface area (Å²) in [5.41, 5.74) is 1.07. The predicted molar refractivity (Wildman–Crippen MR) is 66.8 cm³/mol. The minimum absolute atomic E-state index is 0.101. The lowest BCUT2D eigenvalue weighted by atomic mass is 9.99. The minimum Gasteiger partial charge on any atom is -0.339 e. The summed E-state index contributed by atoms with van der Waals surface area (Å²) in [6, 6.07) is 9.87. The molecule has 0 saturated carbocycles. The molecule has 0 amide bonds. The Labute approximate surface area is 97.6 Å². The molecule has 0 fully saturated rings. The van der Waals surface area contributed by atoms with E-state index in [1.165, 1.54) is 0 Å². The number of hydrogen-bond acceptors (Lipinski definition) is 1. The van der Waals surface area contributed by atoms with Gasteiger partial charge in [-0.25, -0.2) is 0 Å². The van der Waals surface area contributed by atoms with Crippen molar-refractivity contribution in [2.45, 2.75) is 33.8 Å². The molecule has 88 valence electrons. The van der Waals surface area contributed by atoms with Crippen molar-refractivity contribution in [2.24, 2.45) is 11.8 Å². The van der Waals surface area contributed by atoms with E-state index in [2.05, 4.69) is 13.8 Å². The molecule has 0 aliphatic carbocycles. The average molecular weight is 221 g/mol. The fourth-order valence-electron chi connectivity index (χ4n) is 1.68. The van der Waals surface area contributed by atoms with Crippen molar-refractivity contribution in [1.82, 2.24) is 0 Å². The topological polar surface area (TPSA) is 30.6 Å². The van der Waals surface area contributed by atoms with E-state index in [0.29, 0.717) is 12.5 Å². The molecule has 0 aliphatic rings. The van der Waals surface area contributed by atoms with E-state index in [9.17, 15) is 4.79 Å². The summed E-state index contributed by atoms with van der Waals surface area (Å²) in [6.45, 7) is 6.71. The van der Waals surface area contributed by atoms with Crippen LogP contribution in [0.1, 0.15) is 32.8 Å². The lowest BCUT2D eigenvalue weighted by molar-refractivity contribution is 0.230. The molecule has 2 nitrogen and oxygen atoms in total. The molecule has 1 rings (SSSR count). The van der Waals surface area contributed by atoms with E-state index in [-0.39, 0.29) is 11.9 Å². The SMILES string of the molecule is CC(C)CC(C)C(=[OH+])OCc1ccccc1. The highest BCUT2D eigenvalue weighted by Crippen LogP contribution is 2.13. The normalized spacial score (nSPS) is 12.5. The molecule has 0 spiro atoms. The van der Waals surface area contributed by atoms with Crippen molar-refractivity contribution in [3.05, 3.63) is 35.9 Å². The number of esters is 1. The number of rotatable bonds is 5. The van der Waals surface area contributed by atoms with E-state index in [1.807, 2.05) is 37.3 Å². The van der Waals surface area contributed by atoms with Crippen molar-refractivity contribution in [2.75, 3.05) is 0 Å². The smallest absolute Gasteiger partial charge is 0.339 e. The van der Waals surface area contributed by atoms with Crippen molar-refractivity contribution in [1.29, 1.82) is 0 Å². The first kappa shape index (κ1) is 12.8. The molecule has 0 saturated heterocycles. The maximum absolute atomic E-state index is 9.72. The zero-order chi connectivity index (χ0) is 12.0. The van der Waals surface area contributed by atoms with Gasteiger partial charge in [-0.05, 0) is 19.3 Å². The van der Waals surface area contributed by atoms with Crippen LogP contribution in [-0.4, -0.2) is 10.8 Å². The van der Waals surface area contributed by atoms with Crippen molar-refractivity contribution in [3.63, 3.8) is 0 Å². The van der Waals surface area contributed by atoms with Crippen LogP contribution in [0, 0.1) is 11.8 Å². The van der Waals surface area contributed by atoms with Crippen LogP contribution in [0.2, 0.25) is 0 Å². The summed E-state index contributed by atoms with van der Waals surface area (Å²) in [7, 11) is 0. The summed E-state index contributed by atoms with van der Waals surface area (Å²) in [5.74, 6) is 0.818. The summed E-state index contributed by atoms with van der Waals surface area (Å²) in [4.78, 5) is 9.72. The molecule has 1 unspecified atom stereocenters. The fourth-order valence-corrected chi connectivity index (χ4v) is 1.68. The van der Waals surface area contributed by atoms with Crippen LogP contribution >= 0.6 is 0 Å². The Morgan fingerprint density at radius 3 is 2.38 bits per heavy atom. The maximum atomic E-state index is 9.72. The highest BCUT2D eigenvalue weighted by molar-refractivity contribution is 5.73. The minimum atomic E-state index is 0.101. The monoisotopic (exact) mass is 221 g/mol. The summed E-state index contributed by atoms with van der Waals surface area (Å²) in [6.07, 6.45) is 0.945. The third-order valence-corrected chi connectivity index (χ3v) is 2.48. The molecule has 0 heterocycles. The fraction of sp³-hybridized carbons (Fsp3) is 0.500. The molecule has 16 heavy (non-hydrogen) atoms. The van der Waals surface area contributed by atoms with Crippen molar-refractivity contribution < 1.29 is 9.53 Å². The lowest BCUT2D eigenvalue weighted by Gasteiger charge is -2.07. The Balaban J connectivity index is 2.35. The molecular formula is C14H21O2+. The van der Waals surface area contributed by atoms with E-state index >= 15 is 0 Å². The molecule has 0 radical (unpaired) electrons. The second kappa shape index (κ2) is 6.31. The zero-order valence-electron chi connectivity index (χ0n) is 10.3. The lowest BCUT2D eigenvalue weighted by Crippen LogP contribution is -2.17. The van der Waals surface area contributed by atoms with Crippen molar-refractivity contribution in [3.8, 4) is 0 Å². The van der Waals surface area contributed by atoms with Crippen LogP contribution in [-0.2, 0) is 11.3 Å². The quantitative estimate of drug-likeness (QED) is 0.554. The Morgan fingerprint density at radius 2 is 1.81 bits per heavy atom. The van der Waals surface area contributed by atoms with Crippen molar-refractivity contribution >= 4 is 5.97 Å². The van der Waals surface area contributed by atoms with E-state index < -0.39 is 0 Å². The van der Waals surface area contributed by atoms with Gasteiger partial charge in [0.05, 0.1) is 0 Å². The van der Waals surface area contributed by atoms with Gasteiger partial charge in [-0.2, -0.15) is 0 Å². The van der Waals surface area contributed by atoms with E-state index in [0.717, 1.165) is 12.0 Å². The first-order valence-corrected chi connectivity index (χ1v) is 5.82. The molecule has 2 heteroatoms. The zero-order valence-corrected chi connectivity index (χ0v) is 10.3. The van der Waals surface area contributed by atoms with E-state index in [1.54, 1.807) is 0 Å². The maximum Gasteiger partial charge on any atom is 0.485 e. The first-order valence-electron chi connectivity index (χ1n) is 5.82. The van der Waals surface area contributed by atoms with Gasteiger partial charge in [0.15, 0.2) is 0 Å². The van der Waals surface area contributed by atoms with E-state index in [4.69, 9.17) is 4.74 Å². The Kier molecular flexibility index (Phi) is 5.03. The van der Waals surface area contributed by atoms with Gasteiger partial charge in [0, 0.05) is 5.56 Å². The Bertz CT molecular complexity index is 317. The largest absolute Gasteiger partial charge is 0.485 e. The van der Waals surface area contributed by atoms with Gasteiger partial charge in [-0.15, -0.1) is 0 Å². The van der Waals surface area contributed by atoms with Gasteiger partial charge >= 0.3 is 5.97 Å². The highest BCUT2D eigenvalue weighted by atomic mass is 16.5. The molecule has 1 aromatic rings. The number of carbonyl (C=O) groups excluding carboxylic acids is 1. The summed E-state index contributed by atoms with van der Waals surface area (Å²) >= 11 is 0. The second-order valence-electron chi connectivity index (χ2n) is 4.64. The predicted octanol–water partition coefficient (Wildman–Crippen LogP) is 3.39. The van der Waals surface area contributed by atoms with Gasteiger partial charge in [-0.3, -0.25) is 0 Å². The van der Waals surface area contributed by atoms with Crippen LogP contribution < -0.4 is 0 Å². The standard InChI is InChI=1S/C14H20O2/c1-11(2)9-12(3)14(15)16-10-13-7-5-4-6-8-13/h4-8,11-12H,9-10H2,1-3H3/p+1. The third kappa shape index (κ3) is 4.47. The van der Waals surface area contributed by atoms with Crippen LogP contribution in [0.4, 0.5) is 0 Å². The second-order valence-corrected chi connectivity index (χ2v) is 4.64. The van der Waals surface area contributed by atoms with Crippen LogP contribution in [0.15, 0.2) is 30.3 Å². The summed E-state index contributed by atoms with van der Waals surface area (Å²) < 4.78 is 5.36. The highest BCUT2D eigenvalue weighted by Gasteiger charge is 2.23. The third-order valence-electron chi connectivity index (χ3n) is 2.48. The van der Waals surface area contributed by atoms with Gasteiger partial charge in [0.1, 0.15) is 5.92 Å². The van der Waals surface area contributed by atoms with Crippen LogP contribution in [0.5, 0.6) is 0 Å². The number of ether oxygens (including phenoxy) is 1. The number of benzene rings is 1. The van der Waals surface area contributed by atoms with Crippen LogP contribution in [0.3, 0.4) is 0 Å². The molecule has 1 aromatic carbocycles. The number of hydrogen-bond donors (Lipinski definition) is 0. The molecule has 1 N–H and O–H groups in total. The molecule has 1 atom stereocenters. The summed E-state index contributed by atoms with van der Waals surface area (Å²) in [5, 5.41) is 0. The molecular weight excluding hydrogens is 200 g/mol. The van der Waals surface area contributed by atoms with Gasteiger partial charge in [0.2, 0.25) is 6.61 Å². The molecule has 0 bridgehead atoms. The molecule has 0 aliphatic heterocycles. The van der Waals surface area contributed by atoms with Gasteiger partial charge < -0.3 is 9.53 Å². The first-order chi connectivity index (χ1) is 7.59. The Hall–Kier alpha value is -1.31.